The Bertz CT molecular complexity index is 784. The molecule has 2 heterocycles. The molecule has 0 saturated carbocycles. The Balaban J connectivity index is 2.09. The number of aliphatic hydroxyl groups excluding tert-OH is 2. The summed E-state index contributed by atoms with van der Waals surface area (Å²) in [6, 6.07) is 4.06. The molecule has 1 aliphatic heterocycles. The molecule has 1 fully saturated rings. The van der Waals surface area contributed by atoms with Crippen molar-refractivity contribution < 1.29 is 19.5 Å². The molecule has 1 aromatic heterocycles. The van der Waals surface area contributed by atoms with Crippen LogP contribution in [0.4, 0.5) is 5.69 Å². The molecule has 8 heteroatoms. The molecule has 1 saturated heterocycles. The minimum absolute atomic E-state index is 0.000949. The second kappa shape index (κ2) is 9.89. The van der Waals surface area contributed by atoms with Crippen LogP contribution >= 0.6 is 11.6 Å². The van der Waals surface area contributed by atoms with Crippen molar-refractivity contribution >= 4 is 28.3 Å². The van der Waals surface area contributed by atoms with Gasteiger partial charge in [0.25, 0.3) is 5.82 Å². The highest BCUT2D eigenvalue weighted by Crippen LogP contribution is 2.31. The van der Waals surface area contributed by atoms with Crippen molar-refractivity contribution in [2.45, 2.75) is 39.4 Å². The Kier molecular flexibility index (Phi) is 7.54. The van der Waals surface area contributed by atoms with Gasteiger partial charge in [-0.25, -0.2) is 9.13 Å². The number of hydrogen-bond acceptors (Lipinski definition) is 5. The SMILES string of the molecule is CCn1c(CN)[n+](CC2CCOCC2)c2cc(Cl)c(N(CCO)CCO)cc21. The van der Waals surface area contributed by atoms with Crippen LogP contribution in [-0.2, 0) is 24.4 Å². The molecule has 1 aromatic carbocycles. The van der Waals surface area contributed by atoms with E-state index >= 15 is 0 Å². The third kappa shape index (κ3) is 4.28. The molecule has 28 heavy (non-hydrogen) atoms. The van der Waals surface area contributed by atoms with Crippen molar-refractivity contribution in [3.63, 3.8) is 0 Å². The monoisotopic (exact) mass is 411 g/mol. The summed E-state index contributed by atoms with van der Waals surface area (Å²) in [5.41, 5.74) is 9.13. The van der Waals surface area contributed by atoms with Crippen LogP contribution in [-0.4, -0.2) is 54.3 Å². The Morgan fingerprint density at radius 1 is 1.25 bits per heavy atom. The zero-order chi connectivity index (χ0) is 20.1. The molecule has 3 rings (SSSR count). The topological polar surface area (TPSA) is 87.8 Å². The van der Waals surface area contributed by atoms with Gasteiger partial charge in [0.05, 0.1) is 43.6 Å². The fourth-order valence-corrected chi connectivity index (χ4v) is 4.47. The van der Waals surface area contributed by atoms with Crippen LogP contribution in [0, 0.1) is 5.92 Å². The van der Waals surface area contributed by atoms with Gasteiger partial charge in [0.2, 0.25) is 0 Å². The van der Waals surface area contributed by atoms with E-state index in [-0.39, 0.29) is 13.2 Å². The van der Waals surface area contributed by atoms with Gasteiger partial charge in [-0.05, 0) is 19.8 Å². The highest BCUT2D eigenvalue weighted by Gasteiger charge is 2.28. The number of rotatable bonds is 9. The average Bonchev–Trinajstić information content (AvgIpc) is 2.99. The number of nitrogens with zero attached hydrogens (tertiary/aromatic N) is 3. The van der Waals surface area contributed by atoms with Gasteiger partial charge in [-0.2, -0.15) is 0 Å². The first kappa shape index (κ1) is 21.3. The van der Waals surface area contributed by atoms with Gasteiger partial charge in [-0.1, -0.05) is 11.6 Å². The number of aryl methyl sites for hydroxylation is 1. The van der Waals surface area contributed by atoms with E-state index in [1.807, 2.05) is 11.0 Å². The van der Waals surface area contributed by atoms with Crippen molar-refractivity contribution in [2.24, 2.45) is 11.7 Å². The molecule has 0 atom stereocenters. The lowest BCUT2D eigenvalue weighted by atomic mass is 10.0. The Morgan fingerprint density at radius 2 is 1.93 bits per heavy atom. The molecular formula is C20H32ClN4O3+. The van der Waals surface area contributed by atoms with E-state index < -0.39 is 0 Å². The third-order valence-corrected chi connectivity index (χ3v) is 5.91. The molecule has 0 radical (unpaired) electrons. The molecule has 1 aliphatic rings. The number of fused-ring (bicyclic) bond motifs is 1. The van der Waals surface area contributed by atoms with Gasteiger partial charge < -0.3 is 25.6 Å². The van der Waals surface area contributed by atoms with Crippen molar-refractivity contribution in [3.8, 4) is 0 Å². The Hall–Kier alpha value is -1.38. The van der Waals surface area contributed by atoms with Gasteiger partial charge in [-0.3, -0.25) is 0 Å². The lowest BCUT2D eigenvalue weighted by Gasteiger charge is -2.24. The average molecular weight is 412 g/mol. The number of ether oxygens (including phenoxy) is 1. The highest BCUT2D eigenvalue weighted by atomic mass is 35.5. The van der Waals surface area contributed by atoms with Crippen LogP contribution in [0.1, 0.15) is 25.6 Å². The maximum absolute atomic E-state index is 9.40. The molecule has 0 unspecified atom stereocenters. The molecule has 0 amide bonds. The van der Waals surface area contributed by atoms with E-state index in [4.69, 9.17) is 22.1 Å². The van der Waals surface area contributed by atoms with E-state index in [1.54, 1.807) is 0 Å². The number of hydrogen-bond donors (Lipinski definition) is 3. The first-order valence-corrected chi connectivity index (χ1v) is 10.5. The maximum atomic E-state index is 9.40. The summed E-state index contributed by atoms with van der Waals surface area (Å²) in [7, 11) is 0. The molecule has 156 valence electrons. The van der Waals surface area contributed by atoms with Gasteiger partial charge >= 0.3 is 0 Å². The van der Waals surface area contributed by atoms with Crippen LogP contribution in [0.2, 0.25) is 5.02 Å². The van der Waals surface area contributed by atoms with Crippen LogP contribution in [0.25, 0.3) is 11.0 Å². The van der Waals surface area contributed by atoms with Crippen molar-refractivity contribution in [1.82, 2.24) is 4.57 Å². The third-order valence-electron chi connectivity index (χ3n) is 5.61. The quantitative estimate of drug-likeness (QED) is 0.541. The van der Waals surface area contributed by atoms with Crippen LogP contribution in [0.15, 0.2) is 12.1 Å². The van der Waals surface area contributed by atoms with E-state index in [2.05, 4.69) is 22.1 Å². The highest BCUT2D eigenvalue weighted by molar-refractivity contribution is 6.34. The van der Waals surface area contributed by atoms with E-state index in [0.717, 1.165) is 61.7 Å². The summed E-state index contributed by atoms with van der Waals surface area (Å²) in [4.78, 5) is 1.92. The van der Waals surface area contributed by atoms with Crippen molar-refractivity contribution in [3.05, 3.63) is 23.0 Å². The lowest BCUT2D eigenvalue weighted by molar-refractivity contribution is -0.687. The number of aliphatic hydroxyl groups is 2. The number of imidazole rings is 1. The number of benzene rings is 1. The van der Waals surface area contributed by atoms with Crippen molar-refractivity contribution in [1.29, 1.82) is 0 Å². The summed E-state index contributed by atoms with van der Waals surface area (Å²) in [6.07, 6.45) is 2.12. The molecule has 2 aromatic rings. The lowest BCUT2D eigenvalue weighted by Crippen LogP contribution is -2.43. The van der Waals surface area contributed by atoms with E-state index in [1.165, 1.54) is 0 Å². The molecule has 0 bridgehead atoms. The summed E-state index contributed by atoms with van der Waals surface area (Å²) >= 11 is 6.65. The standard InChI is InChI=1S/C20H32ClN4O3/c1-2-24-19-12-17(23(5-7-26)6-8-27)16(21)11-18(19)25(20(24)13-22)14-15-3-9-28-10-4-15/h11-12,15,26-27H,2-10,13-14,22H2,1H3/q+1. The van der Waals surface area contributed by atoms with Crippen LogP contribution in [0.3, 0.4) is 0 Å². The predicted molar refractivity (Wildman–Crippen MR) is 111 cm³/mol. The predicted octanol–water partition coefficient (Wildman–Crippen LogP) is 1.28. The minimum Gasteiger partial charge on any atom is -0.395 e. The van der Waals surface area contributed by atoms with Crippen LogP contribution < -0.4 is 15.2 Å². The fraction of sp³-hybridized carbons (Fsp3) is 0.650. The number of halogens is 1. The van der Waals surface area contributed by atoms with Gasteiger partial charge in [0, 0.05) is 44.4 Å². The maximum Gasteiger partial charge on any atom is 0.271 e. The van der Waals surface area contributed by atoms with E-state index in [9.17, 15) is 10.2 Å². The van der Waals surface area contributed by atoms with Crippen molar-refractivity contribution in [2.75, 3.05) is 44.4 Å². The first-order chi connectivity index (χ1) is 13.6. The largest absolute Gasteiger partial charge is 0.395 e. The number of aromatic nitrogens is 2. The summed E-state index contributed by atoms with van der Waals surface area (Å²) in [5.74, 6) is 1.66. The number of nitrogens with two attached hydrogens (primary N) is 1. The molecular weight excluding hydrogens is 380 g/mol. The summed E-state index contributed by atoms with van der Waals surface area (Å²) < 4.78 is 10.1. The molecule has 0 aliphatic carbocycles. The van der Waals surface area contributed by atoms with Gasteiger partial charge in [-0.15, -0.1) is 0 Å². The zero-order valence-corrected chi connectivity index (χ0v) is 17.4. The van der Waals surface area contributed by atoms with Gasteiger partial charge in [0.1, 0.15) is 0 Å². The second-order valence-corrected chi connectivity index (χ2v) is 7.66. The Morgan fingerprint density at radius 3 is 2.50 bits per heavy atom. The Labute approximate surface area is 171 Å². The minimum atomic E-state index is 0.000949. The summed E-state index contributed by atoms with van der Waals surface area (Å²) in [5, 5.41) is 19.4. The fourth-order valence-electron chi connectivity index (χ4n) is 4.20. The molecule has 4 N–H and O–H groups in total. The van der Waals surface area contributed by atoms with Gasteiger partial charge in [0.15, 0.2) is 11.0 Å². The summed E-state index contributed by atoms with van der Waals surface area (Å²) in [6.45, 7) is 6.77. The molecule has 7 nitrogen and oxygen atoms in total. The van der Waals surface area contributed by atoms with Crippen LogP contribution in [0.5, 0.6) is 0 Å². The molecule has 0 spiro atoms. The smallest absolute Gasteiger partial charge is 0.271 e. The van der Waals surface area contributed by atoms with E-state index in [0.29, 0.717) is 30.6 Å². The number of anilines is 1. The second-order valence-electron chi connectivity index (χ2n) is 7.26. The first-order valence-electron chi connectivity index (χ1n) is 10.1. The normalized spacial score (nSPS) is 15.5. The zero-order valence-electron chi connectivity index (χ0n) is 16.6.